The van der Waals surface area contributed by atoms with Crippen molar-refractivity contribution in [3.8, 4) is 0 Å². The lowest BCUT2D eigenvalue weighted by Gasteiger charge is -2.32. The van der Waals surface area contributed by atoms with Gasteiger partial charge in [-0.1, -0.05) is 19.1 Å². The molecule has 0 spiro atoms. The molecule has 1 aromatic rings. The lowest BCUT2D eigenvalue weighted by atomic mass is 10.2. The number of β-amino-alcohol motifs (C(OH)–C–C–N with tert-alkyl or cyclic N) is 1. The van der Waals surface area contributed by atoms with Crippen LogP contribution in [0.3, 0.4) is 0 Å². The van der Waals surface area contributed by atoms with Crippen LogP contribution < -0.4 is 4.90 Å². The summed E-state index contributed by atoms with van der Waals surface area (Å²) >= 11 is 1.95. The van der Waals surface area contributed by atoms with E-state index in [9.17, 15) is 5.11 Å². The van der Waals surface area contributed by atoms with E-state index in [1.54, 1.807) is 0 Å². The van der Waals surface area contributed by atoms with Gasteiger partial charge in [0.05, 0.1) is 25.0 Å². The standard InChI is InChI=1S/C17H26N2O2S/c1-14-6-7-19(16-4-2-3-5-17(16)22-14)13-15(20)12-18-8-10-21-11-9-18/h2-5,14-15,20H,6-13H2,1H3. The molecule has 2 aliphatic rings. The Morgan fingerprint density at radius 1 is 1.23 bits per heavy atom. The van der Waals surface area contributed by atoms with E-state index in [0.29, 0.717) is 11.8 Å². The van der Waals surface area contributed by atoms with Crippen LogP contribution in [0.5, 0.6) is 0 Å². The smallest absolute Gasteiger partial charge is 0.0841 e. The zero-order chi connectivity index (χ0) is 15.4. The van der Waals surface area contributed by atoms with E-state index in [1.165, 1.54) is 10.6 Å². The van der Waals surface area contributed by atoms with Crippen molar-refractivity contribution in [1.29, 1.82) is 0 Å². The molecule has 1 N–H and O–H groups in total. The number of thioether (sulfide) groups is 1. The van der Waals surface area contributed by atoms with Crippen molar-refractivity contribution in [2.45, 2.75) is 29.6 Å². The first-order chi connectivity index (χ1) is 10.7. The summed E-state index contributed by atoms with van der Waals surface area (Å²) in [6.07, 6.45) is 0.841. The maximum atomic E-state index is 10.5. The fourth-order valence-electron chi connectivity index (χ4n) is 3.14. The topological polar surface area (TPSA) is 35.9 Å². The first-order valence-electron chi connectivity index (χ1n) is 8.21. The van der Waals surface area contributed by atoms with Gasteiger partial charge in [-0.25, -0.2) is 0 Å². The largest absolute Gasteiger partial charge is 0.390 e. The minimum atomic E-state index is -0.315. The van der Waals surface area contributed by atoms with Gasteiger partial charge >= 0.3 is 0 Å². The third-order valence-electron chi connectivity index (χ3n) is 4.34. The first-order valence-corrected chi connectivity index (χ1v) is 9.09. The molecule has 0 aliphatic carbocycles. The number of rotatable bonds is 4. The second kappa shape index (κ2) is 7.68. The first kappa shape index (κ1) is 16.1. The van der Waals surface area contributed by atoms with Crippen molar-refractivity contribution in [3.05, 3.63) is 24.3 Å². The molecule has 0 radical (unpaired) electrons. The summed E-state index contributed by atoms with van der Waals surface area (Å²) in [5.74, 6) is 0. The molecule has 5 heteroatoms. The number of hydrogen-bond acceptors (Lipinski definition) is 5. The number of hydrogen-bond donors (Lipinski definition) is 1. The summed E-state index contributed by atoms with van der Waals surface area (Å²) in [7, 11) is 0. The molecule has 122 valence electrons. The van der Waals surface area contributed by atoms with E-state index in [0.717, 1.165) is 45.8 Å². The highest BCUT2D eigenvalue weighted by molar-refractivity contribution is 8.00. The van der Waals surface area contributed by atoms with Crippen molar-refractivity contribution in [2.24, 2.45) is 0 Å². The van der Waals surface area contributed by atoms with Crippen LogP contribution in [0.15, 0.2) is 29.2 Å². The van der Waals surface area contributed by atoms with Gasteiger partial charge in [-0.05, 0) is 18.6 Å². The Morgan fingerprint density at radius 3 is 2.82 bits per heavy atom. The van der Waals surface area contributed by atoms with Gasteiger partial charge in [-0.15, -0.1) is 11.8 Å². The molecular formula is C17H26N2O2S. The van der Waals surface area contributed by atoms with E-state index < -0.39 is 0 Å². The number of para-hydroxylation sites is 1. The van der Waals surface area contributed by atoms with Crippen LogP contribution in [0.25, 0.3) is 0 Å². The van der Waals surface area contributed by atoms with E-state index in [2.05, 4.69) is 41.0 Å². The van der Waals surface area contributed by atoms with Crippen LogP contribution in [0.2, 0.25) is 0 Å². The van der Waals surface area contributed by atoms with Crippen molar-refractivity contribution in [2.75, 3.05) is 50.8 Å². The van der Waals surface area contributed by atoms with Crippen LogP contribution in [-0.4, -0.2) is 67.3 Å². The van der Waals surface area contributed by atoms with Gasteiger partial charge in [0.1, 0.15) is 0 Å². The molecule has 2 unspecified atom stereocenters. The summed E-state index contributed by atoms with van der Waals surface area (Å²) < 4.78 is 5.37. The Kier molecular flexibility index (Phi) is 5.63. The normalized spacial score (nSPS) is 24.6. The Labute approximate surface area is 137 Å². The van der Waals surface area contributed by atoms with Crippen LogP contribution in [-0.2, 0) is 4.74 Å². The molecule has 0 aromatic heterocycles. The lowest BCUT2D eigenvalue weighted by Crippen LogP contribution is -2.45. The van der Waals surface area contributed by atoms with E-state index in [4.69, 9.17) is 4.74 Å². The highest BCUT2D eigenvalue weighted by atomic mass is 32.2. The Balaban J connectivity index is 1.63. The number of aliphatic hydroxyl groups is 1. The molecule has 0 amide bonds. The SMILES string of the molecule is CC1CCN(CC(O)CN2CCOCC2)c2ccccc2S1. The van der Waals surface area contributed by atoms with Crippen molar-refractivity contribution in [1.82, 2.24) is 4.90 Å². The monoisotopic (exact) mass is 322 g/mol. The van der Waals surface area contributed by atoms with Gasteiger partial charge in [0.2, 0.25) is 0 Å². The average molecular weight is 322 g/mol. The third kappa shape index (κ3) is 4.16. The molecule has 1 aromatic carbocycles. The summed E-state index contributed by atoms with van der Waals surface area (Å²) in [5, 5.41) is 11.1. The molecule has 2 atom stereocenters. The highest BCUT2D eigenvalue weighted by Crippen LogP contribution is 2.37. The second-order valence-corrected chi connectivity index (χ2v) is 7.68. The summed E-state index contributed by atoms with van der Waals surface area (Å²) in [6, 6.07) is 8.58. The van der Waals surface area contributed by atoms with Crippen LogP contribution in [0, 0.1) is 0 Å². The number of nitrogens with zero attached hydrogens (tertiary/aromatic N) is 2. The number of ether oxygens (including phenoxy) is 1. The molecule has 2 heterocycles. The summed E-state index contributed by atoms with van der Waals surface area (Å²) in [5.41, 5.74) is 1.28. The molecule has 22 heavy (non-hydrogen) atoms. The molecule has 1 fully saturated rings. The molecule has 3 rings (SSSR count). The zero-order valence-corrected chi connectivity index (χ0v) is 14.1. The van der Waals surface area contributed by atoms with Crippen LogP contribution >= 0.6 is 11.8 Å². The number of benzene rings is 1. The Bertz CT molecular complexity index is 479. The van der Waals surface area contributed by atoms with Crippen molar-refractivity contribution < 1.29 is 9.84 Å². The van der Waals surface area contributed by atoms with E-state index >= 15 is 0 Å². The van der Waals surface area contributed by atoms with Gasteiger partial charge in [0, 0.05) is 42.9 Å². The van der Waals surface area contributed by atoms with Crippen molar-refractivity contribution >= 4 is 17.4 Å². The Hall–Kier alpha value is -0.750. The van der Waals surface area contributed by atoms with Gasteiger partial charge in [-0.2, -0.15) is 0 Å². The van der Waals surface area contributed by atoms with Gasteiger partial charge in [0.15, 0.2) is 0 Å². The maximum Gasteiger partial charge on any atom is 0.0841 e. The molecule has 1 saturated heterocycles. The molecular weight excluding hydrogens is 296 g/mol. The summed E-state index contributed by atoms with van der Waals surface area (Å²) in [4.78, 5) is 6.00. The molecule has 0 bridgehead atoms. The second-order valence-electron chi connectivity index (χ2n) is 6.20. The average Bonchev–Trinajstić information content (AvgIpc) is 2.67. The maximum absolute atomic E-state index is 10.5. The minimum Gasteiger partial charge on any atom is -0.390 e. The third-order valence-corrected chi connectivity index (χ3v) is 5.58. The number of aliphatic hydroxyl groups excluding tert-OH is 1. The van der Waals surface area contributed by atoms with Gasteiger partial charge in [-0.3, -0.25) is 4.90 Å². The van der Waals surface area contributed by atoms with E-state index in [1.807, 2.05) is 11.8 Å². The number of morpholine rings is 1. The molecule has 4 nitrogen and oxygen atoms in total. The van der Waals surface area contributed by atoms with Gasteiger partial charge < -0.3 is 14.7 Å². The molecule has 2 aliphatic heterocycles. The highest BCUT2D eigenvalue weighted by Gasteiger charge is 2.22. The van der Waals surface area contributed by atoms with E-state index in [-0.39, 0.29) is 6.10 Å². The van der Waals surface area contributed by atoms with Gasteiger partial charge in [0.25, 0.3) is 0 Å². The van der Waals surface area contributed by atoms with Crippen LogP contribution in [0.4, 0.5) is 5.69 Å². The number of anilines is 1. The Morgan fingerprint density at radius 2 is 2.00 bits per heavy atom. The predicted octanol–water partition coefficient (Wildman–Crippen LogP) is 2.07. The minimum absolute atomic E-state index is 0.315. The quantitative estimate of drug-likeness (QED) is 0.918. The zero-order valence-electron chi connectivity index (χ0n) is 13.3. The fraction of sp³-hybridized carbons (Fsp3) is 0.647. The molecule has 0 saturated carbocycles. The van der Waals surface area contributed by atoms with Crippen molar-refractivity contribution in [3.63, 3.8) is 0 Å². The lowest BCUT2D eigenvalue weighted by molar-refractivity contribution is 0.0161. The van der Waals surface area contributed by atoms with Crippen LogP contribution in [0.1, 0.15) is 13.3 Å². The fourth-order valence-corrected chi connectivity index (χ4v) is 4.27. The number of fused-ring (bicyclic) bond motifs is 1. The summed E-state index contributed by atoms with van der Waals surface area (Å²) in [6.45, 7) is 8.19. The predicted molar refractivity (Wildman–Crippen MR) is 91.9 cm³/mol.